The summed E-state index contributed by atoms with van der Waals surface area (Å²) in [6.45, 7) is 0. The van der Waals surface area contributed by atoms with Gasteiger partial charge < -0.3 is 9.84 Å². The number of carbonyl (C=O) groups is 1. The fourth-order valence-electron chi connectivity index (χ4n) is 1.59. The molecule has 0 spiro atoms. The number of halogens is 2. The second-order valence-electron chi connectivity index (χ2n) is 3.92. The molecule has 0 radical (unpaired) electrons. The van der Waals surface area contributed by atoms with Gasteiger partial charge in [-0.05, 0) is 24.3 Å². The Hall–Kier alpha value is -3.03. The van der Waals surface area contributed by atoms with Gasteiger partial charge in [-0.3, -0.25) is 10.1 Å². The highest BCUT2D eigenvalue weighted by molar-refractivity contribution is 5.92. The summed E-state index contributed by atoms with van der Waals surface area (Å²) in [6, 6.07) is 5.53. The summed E-state index contributed by atoms with van der Waals surface area (Å²) in [4.78, 5) is 20.8. The number of nitro benzene ring substituents is 1. The Morgan fingerprint density at radius 3 is 2.48 bits per heavy atom. The van der Waals surface area contributed by atoms with E-state index in [9.17, 15) is 23.7 Å². The minimum absolute atomic E-state index is 0.141. The van der Waals surface area contributed by atoms with E-state index in [2.05, 4.69) is 0 Å². The average Bonchev–Trinajstić information content (AvgIpc) is 2.41. The molecule has 0 bridgehead atoms. The lowest BCUT2D eigenvalue weighted by atomic mass is 10.1. The minimum Gasteiger partial charge on any atom is -0.477 e. The lowest BCUT2D eigenvalue weighted by Crippen LogP contribution is -2.02. The maximum Gasteiger partial charge on any atom is 0.342 e. The second kappa shape index (κ2) is 5.53. The van der Waals surface area contributed by atoms with Gasteiger partial charge in [0.25, 0.3) is 5.69 Å². The molecular weight excluding hydrogens is 288 g/mol. The number of hydrogen-bond acceptors (Lipinski definition) is 4. The number of aromatic carboxylic acids is 1. The molecule has 108 valence electrons. The maximum absolute atomic E-state index is 13.4. The molecule has 8 heteroatoms. The standard InChI is InChI=1S/C13H7F2NO5/c14-7-1-4-12(10(15)5-7)21-8-2-3-9(13(17)18)11(6-8)16(19)20/h1-6H,(H,17,18). The number of hydrogen-bond donors (Lipinski definition) is 1. The molecule has 0 aromatic heterocycles. The summed E-state index contributed by atoms with van der Waals surface area (Å²) in [7, 11) is 0. The van der Waals surface area contributed by atoms with E-state index >= 15 is 0 Å². The van der Waals surface area contributed by atoms with Gasteiger partial charge in [0.15, 0.2) is 11.6 Å². The molecule has 0 amide bonds. The van der Waals surface area contributed by atoms with Gasteiger partial charge in [0, 0.05) is 6.07 Å². The van der Waals surface area contributed by atoms with Crippen molar-refractivity contribution in [3.63, 3.8) is 0 Å². The summed E-state index contributed by atoms with van der Waals surface area (Å²) in [5.41, 5.74) is -1.21. The van der Waals surface area contributed by atoms with Gasteiger partial charge in [-0.25, -0.2) is 13.6 Å². The first-order chi connectivity index (χ1) is 9.88. The predicted molar refractivity (Wildman–Crippen MR) is 66.5 cm³/mol. The molecule has 6 nitrogen and oxygen atoms in total. The van der Waals surface area contributed by atoms with E-state index in [1.165, 1.54) is 0 Å². The molecular formula is C13H7F2NO5. The molecule has 0 heterocycles. The smallest absolute Gasteiger partial charge is 0.342 e. The van der Waals surface area contributed by atoms with E-state index in [0.717, 1.165) is 30.3 Å². The van der Waals surface area contributed by atoms with Crippen LogP contribution in [0.2, 0.25) is 0 Å². The third-order valence-electron chi connectivity index (χ3n) is 2.52. The zero-order valence-corrected chi connectivity index (χ0v) is 10.2. The zero-order valence-electron chi connectivity index (χ0n) is 10.2. The molecule has 1 N–H and O–H groups in total. The van der Waals surface area contributed by atoms with Gasteiger partial charge in [0.05, 0.1) is 11.0 Å². The van der Waals surface area contributed by atoms with Crippen molar-refractivity contribution in [1.29, 1.82) is 0 Å². The predicted octanol–water partition coefficient (Wildman–Crippen LogP) is 3.36. The van der Waals surface area contributed by atoms with Crippen LogP contribution in [-0.2, 0) is 0 Å². The number of carboxylic acids is 1. The number of benzene rings is 2. The molecule has 0 aliphatic rings. The van der Waals surface area contributed by atoms with Crippen LogP contribution in [0.25, 0.3) is 0 Å². The van der Waals surface area contributed by atoms with Crippen molar-refractivity contribution in [2.45, 2.75) is 0 Å². The molecule has 2 rings (SSSR count). The van der Waals surface area contributed by atoms with Gasteiger partial charge in [0.1, 0.15) is 17.1 Å². The number of rotatable bonds is 4. The summed E-state index contributed by atoms with van der Waals surface area (Å²) < 4.78 is 31.2. The van der Waals surface area contributed by atoms with Crippen molar-refractivity contribution in [1.82, 2.24) is 0 Å². The Kier molecular flexibility index (Phi) is 3.79. The SMILES string of the molecule is O=C(O)c1ccc(Oc2ccc(F)cc2F)cc1[N+](=O)[O-]. The van der Waals surface area contributed by atoms with Gasteiger partial charge in [-0.15, -0.1) is 0 Å². The van der Waals surface area contributed by atoms with Crippen molar-refractivity contribution in [3.8, 4) is 11.5 Å². The molecule has 0 saturated heterocycles. The van der Waals surface area contributed by atoms with Crippen LogP contribution in [0.15, 0.2) is 36.4 Å². The Morgan fingerprint density at radius 1 is 1.19 bits per heavy atom. The van der Waals surface area contributed by atoms with E-state index in [1.54, 1.807) is 0 Å². The topological polar surface area (TPSA) is 89.7 Å². The van der Waals surface area contributed by atoms with Crippen LogP contribution < -0.4 is 4.74 Å². The number of carboxylic acid groups (broad SMARTS) is 1. The summed E-state index contributed by atoms with van der Waals surface area (Å²) in [5, 5.41) is 19.6. The molecule has 0 atom stereocenters. The lowest BCUT2D eigenvalue weighted by molar-refractivity contribution is -0.385. The normalized spacial score (nSPS) is 10.2. The monoisotopic (exact) mass is 295 g/mol. The van der Waals surface area contributed by atoms with Crippen LogP contribution >= 0.6 is 0 Å². The van der Waals surface area contributed by atoms with Crippen LogP contribution in [-0.4, -0.2) is 16.0 Å². The van der Waals surface area contributed by atoms with Gasteiger partial charge in [-0.1, -0.05) is 0 Å². The fourth-order valence-corrected chi connectivity index (χ4v) is 1.59. The third-order valence-corrected chi connectivity index (χ3v) is 2.52. The molecule has 0 aliphatic carbocycles. The summed E-state index contributed by atoms with van der Waals surface area (Å²) >= 11 is 0. The molecule has 0 saturated carbocycles. The van der Waals surface area contributed by atoms with Gasteiger partial charge in [0.2, 0.25) is 0 Å². The molecule has 21 heavy (non-hydrogen) atoms. The van der Waals surface area contributed by atoms with Crippen LogP contribution in [0.1, 0.15) is 10.4 Å². The first-order valence-corrected chi connectivity index (χ1v) is 5.53. The van der Waals surface area contributed by atoms with E-state index in [0.29, 0.717) is 6.07 Å². The summed E-state index contributed by atoms with van der Waals surface area (Å²) in [5.74, 6) is -3.74. The van der Waals surface area contributed by atoms with Crippen LogP contribution in [0, 0.1) is 21.7 Å². The lowest BCUT2D eigenvalue weighted by Gasteiger charge is -2.07. The van der Waals surface area contributed by atoms with Crippen LogP contribution in [0.3, 0.4) is 0 Å². The third kappa shape index (κ3) is 3.11. The molecule has 2 aromatic carbocycles. The van der Waals surface area contributed by atoms with E-state index in [-0.39, 0.29) is 11.5 Å². The average molecular weight is 295 g/mol. The molecule has 0 aliphatic heterocycles. The highest BCUT2D eigenvalue weighted by Gasteiger charge is 2.21. The van der Waals surface area contributed by atoms with Crippen molar-refractivity contribution >= 4 is 11.7 Å². The first kappa shape index (κ1) is 14.4. The second-order valence-corrected chi connectivity index (χ2v) is 3.92. The fraction of sp³-hybridized carbons (Fsp3) is 0. The minimum atomic E-state index is -1.47. The first-order valence-electron chi connectivity index (χ1n) is 5.53. The van der Waals surface area contributed by atoms with Gasteiger partial charge >= 0.3 is 5.97 Å². The molecule has 0 unspecified atom stereocenters. The highest BCUT2D eigenvalue weighted by atomic mass is 19.1. The van der Waals surface area contributed by atoms with Crippen LogP contribution in [0.5, 0.6) is 11.5 Å². The van der Waals surface area contributed by atoms with Gasteiger partial charge in [-0.2, -0.15) is 0 Å². The Morgan fingerprint density at radius 2 is 1.90 bits per heavy atom. The van der Waals surface area contributed by atoms with Crippen molar-refractivity contribution in [2.24, 2.45) is 0 Å². The van der Waals surface area contributed by atoms with E-state index in [1.807, 2.05) is 0 Å². The quantitative estimate of drug-likeness (QED) is 0.690. The van der Waals surface area contributed by atoms with E-state index in [4.69, 9.17) is 9.84 Å². The van der Waals surface area contributed by atoms with Crippen molar-refractivity contribution < 1.29 is 28.3 Å². The Labute approximate surface area is 116 Å². The molecule has 0 fully saturated rings. The Bertz CT molecular complexity index is 732. The zero-order chi connectivity index (χ0) is 15.6. The highest BCUT2D eigenvalue weighted by Crippen LogP contribution is 2.29. The Balaban J connectivity index is 2.39. The van der Waals surface area contributed by atoms with Crippen molar-refractivity contribution in [3.05, 3.63) is 63.7 Å². The summed E-state index contributed by atoms with van der Waals surface area (Å²) in [6.07, 6.45) is 0. The van der Waals surface area contributed by atoms with Crippen LogP contribution in [0.4, 0.5) is 14.5 Å². The van der Waals surface area contributed by atoms with E-state index < -0.39 is 33.8 Å². The number of nitrogens with zero attached hydrogens (tertiary/aromatic N) is 1. The number of nitro groups is 1. The van der Waals surface area contributed by atoms with Crippen molar-refractivity contribution in [2.75, 3.05) is 0 Å². The molecule has 2 aromatic rings. The largest absolute Gasteiger partial charge is 0.477 e. The number of ether oxygens (including phenoxy) is 1. The maximum atomic E-state index is 13.4.